The topological polar surface area (TPSA) is 63.6 Å². The first-order valence-corrected chi connectivity index (χ1v) is 4.42. The van der Waals surface area contributed by atoms with Gasteiger partial charge in [-0.1, -0.05) is 19.3 Å². The maximum absolute atomic E-state index is 11.2. The average Bonchev–Trinajstić information content (AvgIpc) is 2.13. The lowest BCUT2D eigenvalue weighted by Crippen LogP contribution is -2.25. The third-order valence-corrected chi connectivity index (χ3v) is 1.62. The van der Waals surface area contributed by atoms with Crippen molar-refractivity contribution in [2.45, 2.75) is 26.7 Å². The van der Waals surface area contributed by atoms with Gasteiger partial charge in [0.2, 0.25) is 0 Å². The quantitative estimate of drug-likeness (QED) is 0.407. The van der Waals surface area contributed by atoms with Gasteiger partial charge in [0.1, 0.15) is 0 Å². The van der Waals surface area contributed by atoms with E-state index in [1.807, 2.05) is 6.92 Å². The summed E-state index contributed by atoms with van der Waals surface area (Å²) in [6.07, 6.45) is 0.930. The number of ether oxygens (including phenoxy) is 1. The number of rotatable bonds is 5. The molecular weight excluding hydrogens is 184 g/mol. The van der Waals surface area contributed by atoms with E-state index >= 15 is 0 Å². The second kappa shape index (κ2) is 6.96. The highest BCUT2D eigenvalue weighted by Gasteiger charge is 2.26. The number of carbonyl (C=O) groups excluding carboxylic acids is 1. The van der Waals surface area contributed by atoms with Crippen LogP contribution < -0.4 is 0 Å². The Hall–Kier alpha value is -1.50. The number of hydrogen-bond acceptors (Lipinski definition) is 3. The predicted octanol–water partition coefficient (Wildman–Crippen LogP) is 1.05. The fourth-order valence-corrected chi connectivity index (χ4v) is 0.911. The van der Waals surface area contributed by atoms with E-state index in [0.717, 1.165) is 0 Å². The van der Waals surface area contributed by atoms with Crippen molar-refractivity contribution >= 4 is 11.9 Å². The van der Waals surface area contributed by atoms with Crippen molar-refractivity contribution in [1.82, 2.24) is 0 Å². The Bertz CT molecular complexity index is 259. The Labute approximate surface area is 83.3 Å². The molecule has 78 valence electrons. The summed E-state index contributed by atoms with van der Waals surface area (Å²) in [6, 6.07) is 0. The second-order valence-corrected chi connectivity index (χ2v) is 2.71. The lowest BCUT2D eigenvalue weighted by molar-refractivity contribution is -0.158. The van der Waals surface area contributed by atoms with Gasteiger partial charge in [0, 0.05) is 0 Å². The van der Waals surface area contributed by atoms with E-state index in [4.69, 9.17) is 5.11 Å². The molecule has 0 aliphatic heterocycles. The molecule has 0 radical (unpaired) electrons. The fourth-order valence-electron chi connectivity index (χ4n) is 0.911. The van der Waals surface area contributed by atoms with Gasteiger partial charge >= 0.3 is 11.9 Å². The van der Waals surface area contributed by atoms with Gasteiger partial charge < -0.3 is 9.84 Å². The van der Waals surface area contributed by atoms with Crippen LogP contribution in [0.2, 0.25) is 0 Å². The Morgan fingerprint density at radius 1 is 1.50 bits per heavy atom. The SMILES string of the molecule is CC#CCOC(=O)C(CCC)C(=O)O. The molecule has 0 aromatic heterocycles. The minimum atomic E-state index is -1.14. The van der Waals surface area contributed by atoms with Gasteiger partial charge in [0.05, 0.1) is 0 Å². The maximum Gasteiger partial charge on any atom is 0.321 e. The summed E-state index contributed by atoms with van der Waals surface area (Å²) in [5.74, 6) is 2.18. The molecule has 0 aromatic carbocycles. The van der Waals surface area contributed by atoms with Crippen molar-refractivity contribution in [2.75, 3.05) is 6.61 Å². The minimum absolute atomic E-state index is 0.0389. The van der Waals surface area contributed by atoms with Crippen LogP contribution in [0.3, 0.4) is 0 Å². The summed E-state index contributed by atoms with van der Waals surface area (Å²) in [6.45, 7) is 3.40. The van der Waals surface area contributed by atoms with Crippen LogP contribution >= 0.6 is 0 Å². The number of esters is 1. The van der Waals surface area contributed by atoms with Gasteiger partial charge in [0.15, 0.2) is 12.5 Å². The molecule has 0 aliphatic rings. The Kier molecular flexibility index (Phi) is 6.21. The van der Waals surface area contributed by atoms with Gasteiger partial charge in [-0.05, 0) is 13.3 Å². The highest BCUT2D eigenvalue weighted by Crippen LogP contribution is 2.08. The maximum atomic E-state index is 11.2. The molecule has 0 aromatic rings. The van der Waals surface area contributed by atoms with Crippen molar-refractivity contribution < 1.29 is 19.4 Å². The van der Waals surface area contributed by atoms with Crippen molar-refractivity contribution in [1.29, 1.82) is 0 Å². The number of aliphatic carboxylic acids is 1. The standard InChI is InChI=1S/C10H14O4/c1-3-5-7-14-10(13)8(6-4-2)9(11)12/h8H,4,6-7H2,1-2H3,(H,11,12). The summed E-state index contributed by atoms with van der Waals surface area (Å²) in [5.41, 5.74) is 0. The average molecular weight is 198 g/mol. The van der Waals surface area contributed by atoms with E-state index in [1.54, 1.807) is 6.92 Å². The van der Waals surface area contributed by atoms with Crippen molar-refractivity contribution in [3.8, 4) is 11.8 Å². The largest absolute Gasteiger partial charge is 0.481 e. The van der Waals surface area contributed by atoms with Crippen molar-refractivity contribution in [3.05, 3.63) is 0 Å². The summed E-state index contributed by atoms with van der Waals surface area (Å²) < 4.78 is 4.67. The molecular formula is C10H14O4. The van der Waals surface area contributed by atoms with Crippen LogP contribution in [0.5, 0.6) is 0 Å². The lowest BCUT2D eigenvalue weighted by Gasteiger charge is -2.08. The van der Waals surface area contributed by atoms with Crippen molar-refractivity contribution in [2.24, 2.45) is 5.92 Å². The first kappa shape index (κ1) is 12.5. The van der Waals surface area contributed by atoms with Crippen LogP contribution in [0.1, 0.15) is 26.7 Å². The Balaban J connectivity index is 4.13. The van der Waals surface area contributed by atoms with Gasteiger partial charge in [-0.2, -0.15) is 0 Å². The molecule has 1 atom stereocenters. The van der Waals surface area contributed by atoms with E-state index in [1.165, 1.54) is 0 Å². The zero-order chi connectivity index (χ0) is 11.0. The lowest BCUT2D eigenvalue weighted by atomic mass is 10.0. The number of carboxylic acids is 1. The number of carbonyl (C=O) groups is 2. The molecule has 1 N–H and O–H groups in total. The Morgan fingerprint density at radius 3 is 2.57 bits per heavy atom. The molecule has 0 bridgehead atoms. The minimum Gasteiger partial charge on any atom is -0.481 e. The normalized spacial score (nSPS) is 11.0. The van der Waals surface area contributed by atoms with Gasteiger partial charge in [-0.25, -0.2) is 0 Å². The van der Waals surface area contributed by atoms with Crippen molar-refractivity contribution in [3.63, 3.8) is 0 Å². The second-order valence-electron chi connectivity index (χ2n) is 2.71. The van der Waals surface area contributed by atoms with E-state index < -0.39 is 17.9 Å². The van der Waals surface area contributed by atoms with Gasteiger partial charge in [-0.15, -0.1) is 5.92 Å². The predicted molar refractivity (Wildman–Crippen MR) is 50.4 cm³/mol. The van der Waals surface area contributed by atoms with Crippen LogP contribution in [0.15, 0.2) is 0 Å². The number of hydrogen-bond donors (Lipinski definition) is 1. The van der Waals surface area contributed by atoms with E-state index in [9.17, 15) is 9.59 Å². The fraction of sp³-hybridized carbons (Fsp3) is 0.600. The van der Waals surface area contributed by atoms with E-state index in [-0.39, 0.29) is 6.61 Å². The summed E-state index contributed by atoms with van der Waals surface area (Å²) in [7, 11) is 0. The van der Waals surface area contributed by atoms with E-state index in [0.29, 0.717) is 12.8 Å². The van der Waals surface area contributed by atoms with E-state index in [2.05, 4.69) is 16.6 Å². The van der Waals surface area contributed by atoms with Gasteiger partial charge in [0.25, 0.3) is 0 Å². The molecule has 0 fully saturated rings. The van der Waals surface area contributed by atoms with Crippen LogP contribution in [0, 0.1) is 17.8 Å². The van der Waals surface area contributed by atoms with Gasteiger partial charge in [-0.3, -0.25) is 9.59 Å². The van der Waals surface area contributed by atoms with Crippen LogP contribution in [-0.4, -0.2) is 23.7 Å². The Morgan fingerprint density at radius 2 is 2.14 bits per heavy atom. The highest BCUT2D eigenvalue weighted by atomic mass is 16.5. The molecule has 0 rings (SSSR count). The molecule has 1 unspecified atom stereocenters. The molecule has 14 heavy (non-hydrogen) atoms. The van der Waals surface area contributed by atoms with Crippen LogP contribution in [-0.2, 0) is 14.3 Å². The molecule has 4 heteroatoms. The highest BCUT2D eigenvalue weighted by molar-refractivity contribution is 5.93. The summed E-state index contributed by atoms with van der Waals surface area (Å²) in [4.78, 5) is 21.8. The molecule has 4 nitrogen and oxygen atoms in total. The molecule has 0 aliphatic carbocycles. The smallest absolute Gasteiger partial charge is 0.321 e. The van der Waals surface area contributed by atoms with Crippen LogP contribution in [0.25, 0.3) is 0 Å². The van der Waals surface area contributed by atoms with Crippen LogP contribution in [0.4, 0.5) is 0 Å². The number of carboxylic acid groups (broad SMARTS) is 1. The molecule has 0 amide bonds. The summed E-state index contributed by atoms with van der Waals surface area (Å²) in [5, 5.41) is 8.69. The zero-order valence-corrected chi connectivity index (χ0v) is 8.37. The third-order valence-electron chi connectivity index (χ3n) is 1.62. The molecule has 0 saturated carbocycles. The third kappa shape index (κ3) is 4.51. The monoisotopic (exact) mass is 198 g/mol. The summed E-state index contributed by atoms with van der Waals surface area (Å²) >= 11 is 0. The first-order valence-electron chi connectivity index (χ1n) is 4.42. The molecule has 0 heterocycles. The molecule has 0 spiro atoms. The first-order chi connectivity index (χ1) is 6.63. The molecule has 0 saturated heterocycles. The zero-order valence-electron chi connectivity index (χ0n) is 8.37.